The van der Waals surface area contributed by atoms with Gasteiger partial charge in [0, 0.05) is 4.47 Å². The van der Waals surface area contributed by atoms with Crippen molar-refractivity contribution < 1.29 is 9.21 Å². The van der Waals surface area contributed by atoms with Crippen LogP contribution in [0.4, 0.5) is 5.13 Å². The lowest BCUT2D eigenvalue weighted by Gasteiger charge is -2.12. The molecule has 0 atom stereocenters. The van der Waals surface area contributed by atoms with Crippen LogP contribution in [0.2, 0.25) is 0 Å². The van der Waals surface area contributed by atoms with Crippen molar-refractivity contribution >= 4 is 93.0 Å². The molecule has 3 aromatic heterocycles. The molecule has 0 saturated carbocycles. The van der Waals surface area contributed by atoms with Crippen LogP contribution in [-0.2, 0) is 0 Å². The van der Waals surface area contributed by atoms with Gasteiger partial charge in [-0.25, -0.2) is 4.98 Å². The van der Waals surface area contributed by atoms with Crippen LogP contribution >= 0.6 is 54.5 Å². The fourth-order valence-electron chi connectivity index (χ4n) is 3.00. The van der Waals surface area contributed by atoms with E-state index in [9.17, 15) is 9.59 Å². The largest absolute Gasteiger partial charge is 0.463 e. The summed E-state index contributed by atoms with van der Waals surface area (Å²) in [5.41, 5.74) is 1.24. The van der Waals surface area contributed by atoms with E-state index in [-0.39, 0.29) is 16.9 Å². The number of aromatic nitrogens is 1. The number of para-hydroxylation sites is 1. The highest BCUT2D eigenvalue weighted by Gasteiger charge is 2.23. The van der Waals surface area contributed by atoms with Gasteiger partial charge in [0.25, 0.3) is 5.91 Å². The van der Waals surface area contributed by atoms with Gasteiger partial charge >= 0.3 is 0 Å². The minimum Gasteiger partial charge on any atom is -0.463 e. The van der Waals surface area contributed by atoms with E-state index in [1.807, 2.05) is 18.2 Å². The molecule has 0 aliphatic heterocycles. The topological polar surface area (TPSA) is 75.8 Å². The average molecular weight is 589 g/mol. The summed E-state index contributed by atoms with van der Waals surface area (Å²) in [6, 6.07) is 16.2. The number of fused-ring (bicyclic) bond motifs is 2. The maximum atomic E-state index is 13.3. The van der Waals surface area contributed by atoms with E-state index in [0.29, 0.717) is 21.0 Å². The van der Waals surface area contributed by atoms with Crippen molar-refractivity contribution in [3.63, 3.8) is 0 Å². The fourth-order valence-corrected chi connectivity index (χ4v) is 5.79. The molecule has 0 saturated heterocycles. The van der Waals surface area contributed by atoms with Crippen molar-refractivity contribution in [1.82, 2.24) is 4.98 Å². The Bertz CT molecular complexity index is 1570. The van der Waals surface area contributed by atoms with Crippen molar-refractivity contribution in [2.75, 3.05) is 5.01 Å². The van der Waals surface area contributed by atoms with Crippen molar-refractivity contribution in [3.8, 4) is 0 Å². The van der Waals surface area contributed by atoms with Crippen LogP contribution in [0.15, 0.2) is 83.4 Å². The van der Waals surface area contributed by atoms with Gasteiger partial charge in [0.05, 0.1) is 36.0 Å². The number of amides is 1. The molecule has 10 heteroatoms. The number of rotatable bonds is 4. The number of carbonyl (C=O) groups is 1. The Kier molecular flexibility index (Phi) is 5.76. The summed E-state index contributed by atoms with van der Waals surface area (Å²) in [5.74, 6) is -0.347. The molecule has 0 aliphatic rings. The first kappa shape index (κ1) is 21.2. The van der Waals surface area contributed by atoms with Crippen LogP contribution < -0.4 is 10.4 Å². The SMILES string of the molecule is O=C(c1ccc(Br)s1)N(/N=C/c1coc2ccccc2c1=O)c1nc2ccc(Br)cc2s1. The van der Waals surface area contributed by atoms with Crippen LogP contribution in [-0.4, -0.2) is 17.1 Å². The van der Waals surface area contributed by atoms with Crippen LogP contribution in [0.1, 0.15) is 15.2 Å². The molecule has 32 heavy (non-hydrogen) atoms. The number of thiophene rings is 1. The molecule has 0 unspecified atom stereocenters. The van der Waals surface area contributed by atoms with E-state index in [4.69, 9.17) is 4.42 Å². The molecule has 0 N–H and O–H groups in total. The summed E-state index contributed by atoms with van der Waals surface area (Å²) in [7, 11) is 0. The maximum Gasteiger partial charge on any atom is 0.290 e. The first-order valence-electron chi connectivity index (χ1n) is 9.20. The summed E-state index contributed by atoms with van der Waals surface area (Å²) in [4.78, 5) is 31.2. The van der Waals surface area contributed by atoms with Crippen molar-refractivity contribution in [2.24, 2.45) is 5.10 Å². The van der Waals surface area contributed by atoms with Crippen LogP contribution in [0.5, 0.6) is 0 Å². The van der Waals surface area contributed by atoms with E-state index >= 15 is 0 Å². The molecule has 0 spiro atoms. The number of hydrazone groups is 1. The number of hydrogen-bond acceptors (Lipinski definition) is 7. The highest BCUT2D eigenvalue weighted by atomic mass is 79.9. The number of anilines is 1. The summed E-state index contributed by atoms with van der Waals surface area (Å²) >= 11 is 9.47. The van der Waals surface area contributed by atoms with Crippen molar-refractivity contribution in [3.05, 3.63) is 89.8 Å². The Hall–Kier alpha value is -2.66. The quantitative estimate of drug-likeness (QED) is 0.173. The Balaban J connectivity index is 1.60. The van der Waals surface area contributed by atoms with Gasteiger partial charge in [-0.1, -0.05) is 39.4 Å². The second kappa shape index (κ2) is 8.70. The van der Waals surface area contributed by atoms with Gasteiger partial charge in [-0.15, -0.1) is 11.3 Å². The number of carbonyl (C=O) groups excluding carboxylic acids is 1. The van der Waals surface area contributed by atoms with Gasteiger partial charge in [0.15, 0.2) is 0 Å². The Labute approximate surface area is 206 Å². The third kappa shape index (κ3) is 4.06. The second-order valence-corrected chi connectivity index (χ2v) is 11.0. The first-order valence-corrected chi connectivity index (χ1v) is 12.4. The Morgan fingerprint density at radius 1 is 1.09 bits per heavy atom. The zero-order chi connectivity index (χ0) is 22.2. The molecule has 2 aromatic carbocycles. The summed E-state index contributed by atoms with van der Waals surface area (Å²) in [6.07, 6.45) is 2.68. The lowest BCUT2D eigenvalue weighted by atomic mass is 10.2. The molecule has 0 aliphatic carbocycles. The van der Waals surface area contributed by atoms with E-state index in [0.717, 1.165) is 18.5 Å². The number of thiazole rings is 1. The van der Waals surface area contributed by atoms with E-state index in [2.05, 4.69) is 41.9 Å². The van der Waals surface area contributed by atoms with E-state index < -0.39 is 0 Å². The molecular weight excluding hydrogens is 578 g/mol. The Morgan fingerprint density at radius 2 is 1.94 bits per heavy atom. The number of nitrogens with zero attached hydrogens (tertiary/aromatic N) is 3. The molecule has 1 amide bonds. The smallest absolute Gasteiger partial charge is 0.290 e. The molecule has 5 rings (SSSR count). The fraction of sp³-hybridized carbons (Fsp3) is 0. The van der Waals surface area contributed by atoms with Crippen LogP contribution in [0.25, 0.3) is 21.2 Å². The first-order chi connectivity index (χ1) is 15.5. The zero-order valence-corrected chi connectivity index (χ0v) is 20.8. The summed E-state index contributed by atoms with van der Waals surface area (Å²) in [6.45, 7) is 0. The summed E-state index contributed by atoms with van der Waals surface area (Å²) < 4.78 is 8.20. The summed E-state index contributed by atoms with van der Waals surface area (Å²) in [5, 5.41) is 6.42. The maximum absolute atomic E-state index is 13.3. The normalized spacial score (nSPS) is 11.6. The molecule has 0 radical (unpaired) electrons. The number of hydrogen-bond donors (Lipinski definition) is 0. The number of halogens is 2. The van der Waals surface area contributed by atoms with Gasteiger partial charge in [-0.2, -0.15) is 10.1 Å². The molecule has 5 aromatic rings. The standard InChI is InChI=1S/C22H11Br2N3O3S2/c23-13-5-6-15-18(9-13)32-22(26-15)27(21(29)17-7-8-19(24)31-17)25-10-12-11-30-16-4-2-1-3-14(16)20(12)28/h1-11H/b25-10+. The lowest BCUT2D eigenvalue weighted by molar-refractivity contribution is 0.0991. The highest BCUT2D eigenvalue weighted by Crippen LogP contribution is 2.33. The minimum absolute atomic E-state index is 0.227. The van der Waals surface area contributed by atoms with Crippen LogP contribution in [0, 0.1) is 0 Å². The predicted molar refractivity (Wildman–Crippen MR) is 136 cm³/mol. The second-order valence-electron chi connectivity index (χ2n) is 6.59. The van der Waals surface area contributed by atoms with Gasteiger partial charge in [-0.3, -0.25) is 9.59 Å². The molecular formula is C22H11Br2N3O3S2. The zero-order valence-electron chi connectivity index (χ0n) is 16.0. The molecule has 6 nitrogen and oxygen atoms in total. The molecule has 0 bridgehead atoms. The van der Waals surface area contributed by atoms with Crippen molar-refractivity contribution in [2.45, 2.75) is 0 Å². The monoisotopic (exact) mass is 587 g/mol. The average Bonchev–Trinajstić information content (AvgIpc) is 3.41. The van der Waals surface area contributed by atoms with E-state index in [1.54, 1.807) is 36.4 Å². The molecule has 0 fully saturated rings. The highest BCUT2D eigenvalue weighted by molar-refractivity contribution is 9.11. The molecule has 158 valence electrons. The Morgan fingerprint density at radius 3 is 2.75 bits per heavy atom. The third-order valence-electron chi connectivity index (χ3n) is 4.52. The van der Waals surface area contributed by atoms with Crippen LogP contribution in [0.3, 0.4) is 0 Å². The van der Waals surface area contributed by atoms with Crippen molar-refractivity contribution in [1.29, 1.82) is 0 Å². The minimum atomic E-state index is -0.347. The third-order valence-corrected chi connectivity index (χ3v) is 7.61. The van der Waals surface area contributed by atoms with Gasteiger partial charge < -0.3 is 4.42 Å². The van der Waals surface area contributed by atoms with Gasteiger partial charge in [0.2, 0.25) is 10.6 Å². The van der Waals surface area contributed by atoms with E-state index in [1.165, 1.54) is 40.2 Å². The lowest BCUT2D eigenvalue weighted by Crippen LogP contribution is -2.25. The predicted octanol–water partition coefficient (Wildman–Crippen LogP) is 6.67. The number of benzene rings is 2. The molecule has 3 heterocycles. The van der Waals surface area contributed by atoms with Gasteiger partial charge in [-0.05, 0) is 58.4 Å². The van der Waals surface area contributed by atoms with Gasteiger partial charge in [0.1, 0.15) is 11.8 Å².